The quantitative estimate of drug-likeness (QED) is 0.675. The van der Waals surface area contributed by atoms with Gasteiger partial charge in [-0.15, -0.1) is 24.5 Å². The zero-order valence-electron chi connectivity index (χ0n) is 15.0. The summed E-state index contributed by atoms with van der Waals surface area (Å²) in [5.41, 5.74) is 1.60. The number of aromatic nitrogens is 1. The fourth-order valence-corrected chi connectivity index (χ4v) is 4.14. The fraction of sp³-hybridized carbons (Fsp3) is 0.263. The smallest absolute Gasteiger partial charge is 0.406 e. The van der Waals surface area contributed by atoms with Crippen molar-refractivity contribution in [3.63, 3.8) is 0 Å². The van der Waals surface area contributed by atoms with Gasteiger partial charge >= 0.3 is 6.36 Å². The number of carbonyl (C=O) groups excluding carboxylic acids is 2. The maximum Gasteiger partial charge on any atom is 0.573 e. The van der Waals surface area contributed by atoms with Gasteiger partial charge in [-0.1, -0.05) is 0 Å². The van der Waals surface area contributed by atoms with Crippen molar-refractivity contribution in [2.24, 2.45) is 0 Å². The Balaban J connectivity index is 1.38. The molecule has 1 aromatic carbocycles. The van der Waals surface area contributed by atoms with Crippen LogP contribution in [0.25, 0.3) is 10.9 Å². The van der Waals surface area contributed by atoms with Crippen molar-refractivity contribution in [3.8, 4) is 5.75 Å². The third-order valence-electron chi connectivity index (χ3n) is 4.63. The van der Waals surface area contributed by atoms with Crippen LogP contribution in [-0.2, 0) is 17.8 Å². The van der Waals surface area contributed by atoms with E-state index >= 15 is 0 Å². The number of thiophene rings is 1. The number of nitrogens with one attached hydrogen (secondary N) is 2. The molecule has 152 valence electrons. The number of halogens is 3. The Labute approximate surface area is 167 Å². The summed E-state index contributed by atoms with van der Waals surface area (Å²) in [6.07, 6.45) is -3.99. The number of rotatable bonds is 4. The molecule has 3 heterocycles. The van der Waals surface area contributed by atoms with E-state index in [-0.39, 0.29) is 23.9 Å². The second kappa shape index (κ2) is 7.43. The van der Waals surface area contributed by atoms with Crippen LogP contribution in [0.5, 0.6) is 5.75 Å². The summed E-state index contributed by atoms with van der Waals surface area (Å²) >= 11 is 1.68. The first-order valence-electron chi connectivity index (χ1n) is 8.78. The van der Waals surface area contributed by atoms with Crippen LogP contribution < -0.4 is 10.1 Å². The molecule has 0 saturated heterocycles. The summed E-state index contributed by atoms with van der Waals surface area (Å²) in [5.74, 6) is -1.08. The summed E-state index contributed by atoms with van der Waals surface area (Å²) in [6.45, 7) is 0.981. The van der Waals surface area contributed by atoms with Crippen LogP contribution in [0.15, 0.2) is 35.7 Å². The number of hydrogen-bond donors (Lipinski definition) is 2. The molecule has 0 radical (unpaired) electrons. The molecule has 0 bridgehead atoms. The number of hydrogen-bond acceptors (Lipinski definition) is 4. The Morgan fingerprint density at radius 2 is 2.07 bits per heavy atom. The maximum absolute atomic E-state index is 12.4. The number of carbonyl (C=O) groups is 2. The third-order valence-corrected chi connectivity index (χ3v) is 5.66. The molecule has 0 aliphatic carbocycles. The Bertz CT molecular complexity index is 1070. The number of H-pyrrole nitrogens is 1. The molecule has 1 aliphatic heterocycles. The van der Waals surface area contributed by atoms with Crippen molar-refractivity contribution in [2.45, 2.75) is 19.3 Å². The normalized spacial score (nSPS) is 14.0. The van der Waals surface area contributed by atoms with Gasteiger partial charge in [0.15, 0.2) is 0 Å². The van der Waals surface area contributed by atoms with Crippen LogP contribution in [0.1, 0.15) is 20.9 Å². The van der Waals surface area contributed by atoms with Gasteiger partial charge in [-0.3, -0.25) is 9.59 Å². The van der Waals surface area contributed by atoms with Gasteiger partial charge in [-0.25, -0.2) is 0 Å². The predicted molar refractivity (Wildman–Crippen MR) is 101 cm³/mol. The van der Waals surface area contributed by atoms with Crippen LogP contribution in [0.4, 0.5) is 13.2 Å². The lowest BCUT2D eigenvalue weighted by atomic mass is 10.1. The van der Waals surface area contributed by atoms with E-state index in [1.165, 1.54) is 23.1 Å². The molecule has 2 N–H and O–H groups in total. The van der Waals surface area contributed by atoms with E-state index in [0.29, 0.717) is 24.0 Å². The minimum absolute atomic E-state index is 0.149. The minimum Gasteiger partial charge on any atom is -0.406 e. The number of benzene rings is 1. The zero-order chi connectivity index (χ0) is 20.6. The van der Waals surface area contributed by atoms with Crippen molar-refractivity contribution in [3.05, 3.63) is 51.8 Å². The molecule has 10 heteroatoms. The van der Waals surface area contributed by atoms with E-state index in [4.69, 9.17) is 0 Å². The number of nitrogens with zero attached hydrogens (tertiary/aromatic N) is 1. The highest BCUT2D eigenvalue weighted by atomic mass is 32.1. The molecule has 2 aromatic heterocycles. The van der Waals surface area contributed by atoms with Crippen molar-refractivity contribution < 1.29 is 27.5 Å². The van der Waals surface area contributed by atoms with Crippen LogP contribution in [0.2, 0.25) is 0 Å². The van der Waals surface area contributed by atoms with Gasteiger partial charge in [0.25, 0.3) is 5.91 Å². The highest BCUT2D eigenvalue weighted by Crippen LogP contribution is 2.27. The second-order valence-corrected chi connectivity index (χ2v) is 7.60. The van der Waals surface area contributed by atoms with Crippen molar-refractivity contribution in [1.29, 1.82) is 0 Å². The lowest BCUT2D eigenvalue weighted by Gasteiger charge is -2.27. The van der Waals surface area contributed by atoms with Crippen LogP contribution in [0.3, 0.4) is 0 Å². The van der Waals surface area contributed by atoms with Crippen LogP contribution in [0, 0.1) is 0 Å². The molecule has 0 atom stereocenters. The van der Waals surface area contributed by atoms with E-state index < -0.39 is 12.3 Å². The molecule has 2 amide bonds. The van der Waals surface area contributed by atoms with Gasteiger partial charge in [-0.05, 0) is 41.6 Å². The molecule has 0 fully saturated rings. The van der Waals surface area contributed by atoms with Crippen molar-refractivity contribution >= 4 is 34.1 Å². The van der Waals surface area contributed by atoms with E-state index in [9.17, 15) is 22.8 Å². The van der Waals surface area contributed by atoms with Gasteiger partial charge in [0.1, 0.15) is 11.4 Å². The highest BCUT2D eigenvalue weighted by molar-refractivity contribution is 7.10. The molecule has 1 aliphatic rings. The summed E-state index contributed by atoms with van der Waals surface area (Å²) in [4.78, 5) is 30.5. The van der Waals surface area contributed by atoms with Gasteiger partial charge < -0.3 is 19.9 Å². The third kappa shape index (κ3) is 4.37. The molecule has 6 nitrogen and oxygen atoms in total. The topological polar surface area (TPSA) is 74.4 Å². The Morgan fingerprint density at radius 3 is 2.86 bits per heavy atom. The maximum atomic E-state index is 12.4. The number of amides is 2. The summed E-state index contributed by atoms with van der Waals surface area (Å²) < 4.78 is 40.9. The summed E-state index contributed by atoms with van der Waals surface area (Å²) in [6, 6.07) is 7.26. The van der Waals surface area contributed by atoms with Gasteiger partial charge in [0, 0.05) is 34.9 Å². The van der Waals surface area contributed by atoms with E-state index in [0.717, 1.165) is 18.1 Å². The van der Waals surface area contributed by atoms with E-state index in [2.05, 4.69) is 15.0 Å². The predicted octanol–water partition coefficient (Wildman–Crippen LogP) is 3.44. The highest BCUT2D eigenvalue weighted by Gasteiger charge is 2.31. The number of aromatic amines is 1. The second-order valence-electron chi connectivity index (χ2n) is 6.60. The number of fused-ring (bicyclic) bond motifs is 2. The zero-order valence-corrected chi connectivity index (χ0v) is 15.8. The van der Waals surface area contributed by atoms with Gasteiger partial charge in [0.2, 0.25) is 5.91 Å². The largest absolute Gasteiger partial charge is 0.573 e. The molecule has 0 saturated carbocycles. The van der Waals surface area contributed by atoms with Crippen LogP contribution >= 0.6 is 11.3 Å². The molecule has 29 heavy (non-hydrogen) atoms. The standard InChI is InChI=1S/C19H16F3N3O3S/c20-19(21,22)28-13-2-1-11-7-15(24-14(11)8-13)18(27)23-9-17(26)25-5-3-16-12(10-25)4-6-29-16/h1-2,4,6-8,24H,3,5,9-10H2,(H,23,27). The molecular weight excluding hydrogens is 407 g/mol. The van der Waals surface area contributed by atoms with Crippen molar-refractivity contribution in [2.75, 3.05) is 13.1 Å². The van der Waals surface area contributed by atoms with Gasteiger partial charge in [-0.2, -0.15) is 0 Å². The average molecular weight is 423 g/mol. The molecule has 0 unspecified atom stereocenters. The molecular formula is C19H16F3N3O3S. The van der Waals surface area contributed by atoms with Crippen LogP contribution in [-0.4, -0.2) is 41.2 Å². The molecule has 4 rings (SSSR count). The summed E-state index contributed by atoms with van der Waals surface area (Å²) in [7, 11) is 0. The Hall–Kier alpha value is -3.01. The Morgan fingerprint density at radius 1 is 1.24 bits per heavy atom. The first-order valence-corrected chi connectivity index (χ1v) is 9.66. The fourth-order valence-electron chi connectivity index (χ4n) is 3.25. The Kier molecular flexibility index (Phi) is 4.95. The first-order chi connectivity index (χ1) is 13.8. The molecule has 3 aromatic rings. The average Bonchev–Trinajstić information content (AvgIpc) is 3.30. The number of ether oxygens (including phenoxy) is 1. The first kappa shape index (κ1) is 19.3. The minimum atomic E-state index is -4.79. The lowest BCUT2D eigenvalue weighted by Crippen LogP contribution is -2.42. The van der Waals surface area contributed by atoms with Crippen molar-refractivity contribution in [1.82, 2.24) is 15.2 Å². The summed E-state index contributed by atoms with van der Waals surface area (Å²) in [5, 5.41) is 5.11. The SMILES string of the molecule is O=C(NCC(=O)N1CCc2sccc2C1)c1cc2ccc(OC(F)(F)F)cc2[nH]1. The monoisotopic (exact) mass is 423 g/mol. The number of alkyl halides is 3. The lowest BCUT2D eigenvalue weighted by molar-refractivity contribution is -0.274. The molecule has 0 spiro atoms. The van der Waals surface area contributed by atoms with E-state index in [1.807, 2.05) is 11.4 Å². The van der Waals surface area contributed by atoms with Gasteiger partial charge in [0.05, 0.1) is 6.54 Å². The van der Waals surface area contributed by atoms with E-state index in [1.54, 1.807) is 16.2 Å².